The quantitative estimate of drug-likeness (QED) is 0.532. The van der Waals surface area contributed by atoms with E-state index < -0.39 is 5.97 Å². The van der Waals surface area contributed by atoms with Crippen LogP contribution in [-0.2, 0) is 9.53 Å². The summed E-state index contributed by atoms with van der Waals surface area (Å²) in [5, 5.41) is 4.77. The zero-order valence-electron chi connectivity index (χ0n) is 13.0. The number of esters is 1. The number of benzene rings is 2. The minimum atomic E-state index is -0.512. The summed E-state index contributed by atoms with van der Waals surface area (Å²) in [7, 11) is 0. The van der Waals surface area contributed by atoms with E-state index in [1.54, 1.807) is 35.2 Å². The Morgan fingerprint density at radius 1 is 1.04 bits per heavy atom. The third kappa shape index (κ3) is 3.09. The van der Waals surface area contributed by atoms with Crippen molar-refractivity contribution in [3.8, 4) is 5.69 Å². The van der Waals surface area contributed by atoms with Gasteiger partial charge in [-0.3, -0.25) is 0 Å². The molecule has 0 atom stereocenters. The monoisotopic (exact) mass is 349 g/mol. The van der Waals surface area contributed by atoms with Gasteiger partial charge in [0.25, 0.3) is 0 Å². The summed E-state index contributed by atoms with van der Waals surface area (Å²) in [6.45, 7) is 0. The topological polar surface area (TPSA) is 56.5 Å². The number of hydrogen-bond acceptors (Lipinski definition) is 4. The van der Waals surface area contributed by atoms with E-state index >= 15 is 0 Å². The lowest BCUT2D eigenvalue weighted by atomic mass is 10.2. The van der Waals surface area contributed by atoms with Crippen molar-refractivity contribution >= 4 is 29.5 Å². The van der Waals surface area contributed by atoms with Crippen LogP contribution in [0.1, 0.15) is 11.1 Å². The first-order valence-corrected chi connectivity index (χ1v) is 7.96. The van der Waals surface area contributed by atoms with Gasteiger partial charge in [0.1, 0.15) is 0 Å². The molecule has 25 heavy (non-hydrogen) atoms. The molecule has 0 N–H and O–H groups in total. The highest BCUT2D eigenvalue weighted by Crippen LogP contribution is 2.23. The summed E-state index contributed by atoms with van der Waals surface area (Å²) in [6, 6.07) is 16.8. The predicted octanol–water partition coefficient (Wildman–Crippen LogP) is 3.87. The maximum absolute atomic E-state index is 12.1. The minimum Gasteiger partial charge on any atom is -0.402 e. The lowest BCUT2D eigenvalue weighted by Crippen LogP contribution is -2.05. The van der Waals surface area contributed by atoms with E-state index in [9.17, 15) is 4.79 Å². The Hall–Kier alpha value is -3.18. The van der Waals surface area contributed by atoms with E-state index in [1.807, 2.05) is 42.6 Å². The van der Waals surface area contributed by atoms with Gasteiger partial charge in [0, 0.05) is 11.8 Å². The number of carbonyl (C=O) groups excluding carboxylic acids is 1. The molecule has 0 radical (unpaired) electrons. The van der Waals surface area contributed by atoms with Crippen LogP contribution in [0.2, 0.25) is 5.02 Å². The van der Waals surface area contributed by atoms with Crippen LogP contribution in [0.5, 0.6) is 0 Å². The van der Waals surface area contributed by atoms with Gasteiger partial charge >= 0.3 is 5.97 Å². The van der Waals surface area contributed by atoms with Crippen molar-refractivity contribution in [2.45, 2.75) is 0 Å². The molecule has 3 aromatic rings. The Morgan fingerprint density at radius 2 is 1.80 bits per heavy atom. The van der Waals surface area contributed by atoms with Crippen LogP contribution in [0.4, 0.5) is 0 Å². The lowest BCUT2D eigenvalue weighted by molar-refractivity contribution is -0.129. The number of aliphatic imine (C=N–C) groups is 1. The fourth-order valence-electron chi connectivity index (χ4n) is 2.45. The number of rotatable bonds is 3. The van der Waals surface area contributed by atoms with Crippen LogP contribution < -0.4 is 0 Å². The average Bonchev–Trinajstić information content (AvgIpc) is 3.24. The number of halogens is 1. The molecule has 2 aromatic carbocycles. The molecular weight excluding hydrogens is 338 g/mol. The highest BCUT2D eigenvalue weighted by Gasteiger charge is 2.25. The number of aromatic nitrogens is 2. The van der Waals surface area contributed by atoms with Crippen molar-refractivity contribution in [2.24, 2.45) is 4.99 Å². The summed E-state index contributed by atoms with van der Waals surface area (Å²) >= 11 is 6.13. The number of ether oxygens (including phenoxy) is 1. The maximum Gasteiger partial charge on any atom is 0.363 e. The second kappa shape index (κ2) is 6.37. The van der Waals surface area contributed by atoms with Crippen LogP contribution in [-0.4, -0.2) is 21.6 Å². The van der Waals surface area contributed by atoms with Crippen LogP contribution in [0.3, 0.4) is 0 Å². The zero-order chi connectivity index (χ0) is 17.2. The number of hydrogen-bond donors (Lipinski definition) is 0. The Morgan fingerprint density at radius 3 is 2.60 bits per heavy atom. The van der Waals surface area contributed by atoms with Gasteiger partial charge in [0.05, 0.1) is 22.5 Å². The number of para-hydroxylation sites is 1. The third-order valence-electron chi connectivity index (χ3n) is 3.65. The van der Waals surface area contributed by atoms with Gasteiger partial charge in [0.2, 0.25) is 5.90 Å². The van der Waals surface area contributed by atoms with Crippen molar-refractivity contribution < 1.29 is 9.53 Å². The van der Waals surface area contributed by atoms with Crippen molar-refractivity contribution in [2.75, 3.05) is 0 Å². The minimum absolute atomic E-state index is 0.206. The Labute approximate surface area is 148 Å². The predicted molar refractivity (Wildman–Crippen MR) is 95.6 cm³/mol. The molecule has 122 valence electrons. The molecule has 1 aliphatic rings. The van der Waals surface area contributed by atoms with Crippen molar-refractivity contribution in [1.82, 2.24) is 9.78 Å². The molecule has 0 unspecified atom stereocenters. The molecule has 0 aliphatic carbocycles. The molecule has 0 saturated carbocycles. The highest BCUT2D eigenvalue weighted by atomic mass is 35.5. The Balaban J connectivity index is 1.65. The van der Waals surface area contributed by atoms with Crippen molar-refractivity contribution in [1.29, 1.82) is 0 Å². The second-order valence-electron chi connectivity index (χ2n) is 5.37. The summed E-state index contributed by atoms with van der Waals surface area (Å²) in [4.78, 5) is 16.3. The largest absolute Gasteiger partial charge is 0.402 e. The lowest BCUT2D eigenvalue weighted by Gasteiger charge is -2.00. The molecule has 1 aliphatic heterocycles. The van der Waals surface area contributed by atoms with Gasteiger partial charge in [-0.1, -0.05) is 41.9 Å². The standard InChI is InChI=1S/C19H12ClN3O2/c20-16-9-5-4-8-15(16)18-22-17(19(24)25-18)10-13-11-21-23(12-13)14-6-2-1-3-7-14/h1-12H/b17-10-. The smallest absolute Gasteiger partial charge is 0.363 e. The average molecular weight is 350 g/mol. The summed E-state index contributed by atoms with van der Waals surface area (Å²) in [5.41, 5.74) is 2.48. The summed E-state index contributed by atoms with van der Waals surface area (Å²) < 4.78 is 6.96. The summed E-state index contributed by atoms with van der Waals surface area (Å²) in [6.07, 6.45) is 5.12. The first-order valence-electron chi connectivity index (χ1n) is 7.58. The van der Waals surface area contributed by atoms with Crippen LogP contribution in [0, 0.1) is 0 Å². The number of carbonyl (C=O) groups is 1. The molecule has 4 rings (SSSR count). The molecule has 0 saturated heterocycles. The molecule has 0 bridgehead atoms. The van der Waals surface area contributed by atoms with Crippen LogP contribution in [0.15, 0.2) is 77.7 Å². The molecule has 1 aromatic heterocycles. The highest BCUT2D eigenvalue weighted by molar-refractivity contribution is 6.34. The van der Waals surface area contributed by atoms with E-state index in [0.717, 1.165) is 11.3 Å². The van der Waals surface area contributed by atoms with Crippen molar-refractivity contribution in [3.05, 3.63) is 88.8 Å². The normalized spacial score (nSPS) is 15.3. The van der Waals surface area contributed by atoms with Crippen LogP contribution in [0.25, 0.3) is 11.8 Å². The molecule has 0 amide bonds. The second-order valence-corrected chi connectivity index (χ2v) is 5.78. The third-order valence-corrected chi connectivity index (χ3v) is 3.98. The van der Waals surface area contributed by atoms with Gasteiger partial charge < -0.3 is 4.74 Å². The number of cyclic esters (lactones) is 1. The molecule has 5 nitrogen and oxygen atoms in total. The van der Waals surface area contributed by atoms with Crippen LogP contribution >= 0.6 is 11.6 Å². The van der Waals surface area contributed by atoms with Gasteiger partial charge in [-0.15, -0.1) is 0 Å². The van der Waals surface area contributed by atoms with Gasteiger partial charge in [-0.2, -0.15) is 5.10 Å². The maximum atomic E-state index is 12.1. The van der Waals surface area contributed by atoms with Crippen molar-refractivity contribution in [3.63, 3.8) is 0 Å². The van der Waals surface area contributed by atoms with Gasteiger partial charge in [-0.25, -0.2) is 14.5 Å². The molecular formula is C19H12ClN3O2. The van der Waals surface area contributed by atoms with Gasteiger partial charge in [0.15, 0.2) is 5.70 Å². The van der Waals surface area contributed by atoms with Gasteiger partial charge in [-0.05, 0) is 30.3 Å². The number of nitrogens with zero attached hydrogens (tertiary/aromatic N) is 3. The van der Waals surface area contributed by atoms with E-state index in [2.05, 4.69) is 10.1 Å². The summed E-state index contributed by atoms with van der Waals surface area (Å²) in [5.74, 6) is -0.306. The molecule has 6 heteroatoms. The molecule has 0 fully saturated rings. The van der Waals surface area contributed by atoms with E-state index in [4.69, 9.17) is 16.3 Å². The Bertz CT molecular complexity index is 1010. The Kier molecular flexibility index (Phi) is 3.91. The SMILES string of the molecule is O=C1OC(c2ccccc2Cl)=N/C1=C\c1cnn(-c2ccccc2)c1. The van der Waals surface area contributed by atoms with E-state index in [-0.39, 0.29) is 11.6 Å². The van der Waals surface area contributed by atoms with E-state index in [1.165, 1.54) is 0 Å². The fourth-order valence-corrected chi connectivity index (χ4v) is 2.67. The zero-order valence-corrected chi connectivity index (χ0v) is 13.7. The first-order chi connectivity index (χ1) is 12.2. The molecule has 0 spiro atoms. The first kappa shape index (κ1) is 15.4. The van der Waals surface area contributed by atoms with E-state index in [0.29, 0.717) is 10.6 Å². The molecule has 2 heterocycles. The fraction of sp³-hybridized carbons (Fsp3) is 0.